The minimum absolute atomic E-state index is 0.0677. The Morgan fingerprint density at radius 3 is 2.72 bits per heavy atom. The zero-order valence-electron chi connectivity index (χ0n) is 9.91. The molecule has 0 aliphatic heterocycles. The van der Waals surface area contributed by atoms with Crippen molar-refractivity contribution in [2.75, 3.05) is 0 Å². The van der Waals surface area contributed by atoms with Crippen LogP contribution in [0, 0.1) is 5.92 Å². The number of benzene rings is 1. The Bertz CT molecular complexity index is 796. The lowest BCUT2D eigenvalue weighted by Gasteiger charge is -2.11. The van der Waals surface area contributed by atoms with E-state index in [1.807, 2.05) is 33.2 Å². The Kier molecular flexibility index (Phi) is 1.89. The fourth-order valence-electron chi connectivity index (χ4n) is 2.53. The maximum atomic E-state index is 12.5. The van der Waals surface area contributed by atoms with Crippen LogP contribution in [0.3, 0.4) is 0 Å². The van der Waals surface area contributed by atoms with E-state index in [-0.39, 0.29) is 5.56 Å². The first-order valence-electron chi connectivity index (χ1n) is 6.28. The molecular formula is C14H13N3O. The maximum Gasteiger partial charge on any atom is 0.276 e. The zero-order valence-corrected chi connectivity index (χ0v) is 9.91. The minimum Gasteiger partial charge on any atom is -0.305 e. The highest BCUT2D eigenvalue weighted by atomic mass is 16.1. The van der Waals surface area contributed by atoms with Crippen LogP contribution in [-0.4, -0.2) is 14.0 Å². The van der Waals surface area contributed by atoms with Gasteiger partial charge in [0, 0.05) is 6.54 Å². The number of para-hydroxylation sites is 2. The summed E-state index contributed by atoms with van der Waals surface area (Å²) in [5, 5.41) is 0. The summed E-state index contributed by atoms with van der Waals surface area (Å²) in [6, 6.07) is 8.02. The minimum atomic E-state index is 0.0677. The van der Waals surface area contributed by atoms with Crippen molar-refractivity contribution in [1.82, 2.24) is 14.0 Å². The second-order valence-electron chi connectivity index (χ2n) is 5.00. The second kappa shape index (κ2) is 3.45. The van der Waals surface area contributed by atoms with Crippen LogP contribution in [0.1, 0.15) is 12.8 Å². The monoisotopic (exact) mass is 239 g/mol. The molecule has 0 spiro atoms. The lowest BCUT2D eigenvalue weighted by molar-refractivity contribution is 0.627. The molecule has 0 atom stereocenters. The molecule has 2 aromatic heterocycles. The molecule has 1 aliphatic carbocycles. The molecule has 1 aromatic carbocycles. The van der Waals surface area contributed by atoms with Crippen molar-refractivity contribution >= 4 is 16.6 Å². The van der Waals surface area contributed by atoms with Crippen molar-refractivity contribution in [2.45, 2.75) is 19.4 Å². The molecule has 0 radical (unpaired) electrons. The van der Waals surface area contributed by atoms with Crippen LogP contribution in [0.5, 0.6) is 0 Å². The smallest absolute Gasteiger partial charge is 0.276 e. The van der Waals surface area contributed by atoms with Gasteiger partial charge in [0.15, 0.2) is 0 Å². The number of nitrogens with zero attached hydrogens (tertiary/aromatic N) is 3. The van der Waals surface area contributed by atoms with Crippen LogP contribution in [0.25, 0.3) is 16.6 Å². The van der Waals surface area contributed by atoms with Crippen molar-refractivity contribution in [2.24, 2.45) is 5.92 Å². The van der Waals surface area contributed by atoms with Crippen LogP contribution < -0.4 is 5.56 Å². The predicted molar refractivity (Wildman–Crippen MR) is 69.7 cm³/mol. The van der Waals surface area contributed by atoms with E-state index in [0.29, 0.717) is 11.4 Å². The Hall–Kier alpha value is -2.10. The standard InChI is InChI=1S/C14H13N3O/c18-14-13-7-15-9-17(13)12-4-2-1-3-11(12)16(14)8-10-5-6-10/h1-4,7,9-10H,5-6,8H2. The van der Waals surface area contributed by atoms with Crippen molar-refractivity contribution in [3.63, 3.8) is 0 Å². The van der Waals surface area contributed by atoms with E-state index < -0.39 is 0 Å². The molecule has 1 aliphatic rings. The van der Waals surface area contributed by atoms with Gasteiger partial charge in [-0.3, -0.25) is 9.20 Å². The highest BCUT2D eigenvalue weighted by molar-refractivity contribution is 5.78. The van der Waals surface area contributed by atoms with Gasteiger partial charge in [-0.05, 0) is 30.9 Å². The van der Waals surface area contributed by atoms with Crippen LogP contribution in [0.15, 0.2) is 41.6 Å². The normalized spacial score (nSPS) is 15.6. The summed E-state index contributed by atoms with van der Waals surface area (Å²) in [7, 11) is 0. The Morgan fingerprint density at radius 2 is 1.94 bits per heavy atom. The Labute approximate surface area is 103 Å². The van der Waals surface area contributed by atoms with Gasteiger partial charge in [-0.2, -0.15) is 0 Å². The molecule has 1 saturated carbocycles. The second-order valence-corrected chi connectivity index (χ2v) is 5.00. The van der Waals surface area contributed by atoms with Gasteiger partial charge in [-0.15, -0.1) is 0 Å². The molecule has 2 heterocycles. The third-order valence-corrected chi connectivity index (χ3v) is 3.67. The van der Waals surface area contributed by atoms with E-state index in [4.69, 9.17) is 0 Å². The average Bonchev–Trinajstić information content (AvgIpc) is 3.07. The van der Waals surface area contributed by atoms with Gasteiger partial charge in [-0.25, -0.2) is 4.98 Å². The number of hydrogen-bond acceptors (Lipinski definition) is 2. The van der Waals surface area contributed by atoms with E-state index in [2.05, 4.69) is 4.98 Å². The summed E-state index contributed by atoms with van der Waals surface area (Å²) in [6.07, 6.45) is 5.84. The van der Waals surface area contributed by atoms with Gasteiger partial charge in [0.2, 0.25) is 0 Å². The van der Waals surface area contributed by atoms with Gasteiger partial charge in [-0.1, -0.05) is 12.1 Å². The van der Waals surface area contributed by atoms with Crippen molar-refractivity contribution in [3.05, 3.63) is 47.1 Å². The molecule has 0 N–H and O–H groups in total. The number of imidazole rings is 1. The summed E-state index contributed by atoms with van der Waals surface area (Å²) in [6.45, 7) is 0.834. The maximum absolute atomic E-state index is 12.5. The van der Waals surface area contributed by atoms with E-state index in [0.717, 1.165) is 17.6 Å². The lowest BCUT2D eigenvalue weighted by atomic mass is 10.2. The number of hydrogen-bond donors (Lipinski definition) is 0. The molecule has 90 valence electrons. The fourth-order valence-corrected chi connectivity index (χ4v) is 2.53. The van der Waals surface area contributed by atoms with Crippen molar-refractivity contribution in [3.8, 4) is 0 Å². The third-order valence-electron chi connectivity index (χ3n) is 3.67. The number of rotatable bonds is 2. The third kappa shape index (κ3) is 1.32. The summed E-state index contributed by atoms with van der Waals surface area (Å²) in [5.74, 6) is 0.677. The first-order chi connectivity index (χ1) is 8.84. The molecule has 0 unspecified atom stereocenters. The predicted octanol–water partition coefficient (Wildman–Crippen LogP) is 2.06. The van der Waals surface area contributed by atoms with Crippen molar-refractivity contribution < 1.29 is 0 Å². The summed E-state index contributed by atoms with van der Waals surface area (Å²) < 4.78 is 3.78. The van der Waals surface area contributed by atoms with Crippen LogP contribution in [-0.2, 0) is 6.54 Å². The van der Waals surface area contributed by atoms with Crippen LogP contribution >= 0.6 is 0 Å². The number of fused-ring (bicyclic) bond motifs is 3. The lowest BCUT2D eigenvalue weighted by Crippen LogP contribution is -2.23. The fraction of sp³-hybridized carbons (Fsp3) is 0.286. The van der Waals surface area contributed by atoms with E-state index in [1.165, 1.54) is 12.8 Å². The molecule has 4 heteroatoms. The molecule has 3 aromatic rings. The molecule has 0 amide bonds. The van der Waals surface area contributed by atoms with E-state index >= 15 is 0 Å². The molecule has 0 bridgehead atoms. The summed E-state index contributed by atoms with van der Waals surface area (Å²) in [4.78, 5) is 16.6. The highest BCUT2D eigenvalue weighted by Gasteiger charge is 2.23. The van der Waals surface area contributed by atoms with Gasteiger partial charge in [0.05, 0.1) is 23.6 Å². The topological polar surface area (TPSA) is 39.3 Å². The molecular weight excluding hydrogens is 226 g/mol. The van der Waals surface area contributed by atoms with Crippen LogP contribution in [0.2, 0.25) is 0 Å². The summed E-state index contributed by atoms with van der Waals surface area (Å²) >= 11 is 0. The number of aromatic nitrogens is 3. The Morgan fingerprint density at radius 1 is 1.17 bits per heavy atom. The largest absolute Gasteiger partial charge is 0.305 e. The first-order valence-corrected chi connectivity index (χ1v) is 6.28. The van der Waals surface area contributed by atoms with Gasteiger partial charge >= 0.3 is 0 Å². The molecule has 18 heavy (non-hydrogen) atoms. The SMILES string of the molecule is O=c1c2cncn2c2ccccc2n1CC1CC1. The first kappa shape index (κ1) is 9.88. The molecule has 4 nitrogen and oxygen atoms in total. The highest BCUT2D eigenvalue weighted by Crippen LogP contribution is 2.31. The summed E-state index contributed by atoms with van der Waals surface area (Å²) in [5.41, 5.74) is 2.78. The van der Waals surface area contributed by atoms with Crippen molar-refractivity contribution in [1.29, 1.82) is 0 Å². The van der Waals surface area contributed by atoms with Gasteiger partial charge < -0.3 is 4.57 Å². The zero-order chi connectivity index (χ0) is 12.1. The Balaban J connectivity index is 2.16. The van der Waals surface area contributed by atoms with Gasteiger partial charge in [0.1, 0.15) is 5.52 Å². The van der Waals surface area contributed by atoms with Crippen LogP contribution in [0.4, 0.5) is 0 Å². The quantitative estimate of drug-likeness (QED) is 0.686. The molecule has 4 rings (SSSR count). The molecule has 0 saturated heterocycles. The average molecular weight is 239 g/mol. The molecule has 1 fully saturated rings. The van der Waals surface area contributed by atoms with Gasteiger partial charge in [0.25, 0.3) is 5.56 Å². The van der Waals surface area contributed by atoms with E-state index in [9.17, 15) is 4.79 Å². The van der Waals surface area contributed by atoms with E-state index in [1.54, 1.807) is 12.5 Å².